The summed E-state index contributed by atoms with van der Waals surface area (Å²) in [6.45, 7) is 3.97. The summed E-state index contributed by atoms with van der Waals surface area (Å²) in [5.41, 5.74) is -1.39. The van der Waals surface area contributed by atoms with Gasteiger partial charge in [-0.3, -0.25) is 20.2 Å². The van der Waals surface area contributed by atoms with Crippen molar-refractivity contribution in [2.24, 2.45) is 0 Å². The highest BCUT2D eigenvalue weighted by atomic mass is 32.2. The van der Waals surface area contributed by atoms with Crippen molar-refractivity contribution in [2.45, 2.75) is 31.1 Å². The quantitative estimate of drug-likeness (QED) is 0.433. The van der Waals surface area contributed by atoms with E-state index in [1.54, 1.807) is 12.3 Å². The molecule has 0 atom stereocenters. The van der Waals surface area contributed by atoms with Crippen LogP contribution < -0.4 is 9.80 Å². The van der Waals surface area contributed by atoms with Gasteiger partial charge in [0, 0.05) is 57.6 Å². The minimum absolute atomic E-state index is 0.112. The first kappa shape index (κ1) is 23.8. The van der Waals surface area contributed by atoms with Crippen LogP contribution in [-0.4, -0.2) is 71.8 Å². The Morgan fingerprint density at radius 1 is 0.882 bits per heavy atom. The highest BCUT2D eigenvalue weighted by molar-refractivity contribution is 7.89. The maximum Gasteiger partial charge on any atom is 0.280 e. The lowest BCUT2D eigenvalue weighted by atomic mass is 10.1. The van der Waals surface area contributed by atoms with Gasteiger partial charge in [0.05, 0.1) is 14.7 Å². The Kier molecular flexibility index (Phi) is 6.61. The van der Waals surface area contributed by atoms with Gasteiger partial charge in [0.15, 0.2) is 0 Å². The minimum Gasteiger partial charge on any atom is -0.354 e. The van der Waals surface area contributed by atoms with Crippen molar-refractivity contribution in [1.82, 2.24) is 14.3 Å². The highest BCUT2D eigenvalue weighted by Gasteiger charge is 2.33. The SMILES string of the molecule is Cc1c([N+](=O)[O-])cc(S(=O)(=O)N2CCN(c3ccnc(N4CCCCC4)n3)CC2)cc1[N+](=O)[O-]. The molecule has 0 saturated carbocycles. The number of hydrogen-bond donors (Lipinski definition) is 0. The van der Waals surface area contributed by atoms with Gasteiger partial charge in [-0.1, -0.05) is 0 Å². The number of piperazine rings is 1. The topological polar surface area (TPSA) is 156 Å². The number of nitro groups is 2. The van der Waals surface area contributed by atoms with Crippen LogP contribution in [0.15, 0.2) is 29.3 Å². The molecule has 1 aromatic heterocycles. The molecule has 3 heterocycles. The van der Waals surface area contributed by atoms with Crippen molar-refractivity contribution in [2.75, 3.05) is 49.1 Å². The van der Waals surface area contributed by atoms with Gasteiger partial charge in [0.25, 0.3) is 11.4 Å². The van der Waals surface area contributed by atoms with Gasteiger partial charge >= 0.3 is 0 Å². The van der Waals surface area contributed by atoms with Crippen molar-refractivity contribution in [3.8, 4) is 0 Å². The van der Waals surface area contributed by atoms with Crippen LogP contribution in [-0.2, 0) is 10.0 Å². The molecule has 0 aliphatic carbocycles. The molecule has 0 amide bonds. The number of nitro benzene ring substituents is 2. The molecule has 2 aliphatic heterocycles. The Labute approximate surface area is 196 Å². The van der Waals surface area contributed by atoms with Crippen molar-refractivity contribution < 1.29 is 18.3 Å². The second kappa shape index (κ2) is 9.46. The molecule has 14 heteroatoms. The van der Waals surface area contributed by atoms with Gasteiger partial charge in [-0.05, 0) is 32.3 Å². The summed E-state index contributed by atoms with van der Waals surface area (Å²) in [4.78, 5) is 33.7. The fraction of sp³-hybridized carbons (Fsp3) is 0.500. The predicted molar refractivity (Wildman–Crippen MR) is 124 cm³/mol. The number of sulfonamides is 1. The van der Waals surface area contributed by atoms with Gasteiger partial charge in [0.1, 0.15) is 11.4 Å². The molecule has 0 bridgehead atoms. The first-order chi connectivity index (χ1) is 16.2. The van der Waals surface area contributed by atoms with Crippen molar-refractivity contribution >= 4 is 33.2 Å². The molecule has 34 heavy (non-hydrogen) atoms. The second-order valence-corrected chi connectivity index (χ2v) is 10.2. The smallest absolute Gasteiger partial charge is 0.280 e. The van der Waals surface area contributed by atoms with E-state index in [-0.39, 0.29) is 18.7 Å². The molecule has 182 valence electrons. The lowest BCUT2D eigenvalue weighted by Gasteiger charge is -2.35. The van der Waals surface area contributed by atoms with Gasteiger partial charge in [-0.25, -0.2) is 13.4 Å². The number of aromatic nitrogens is 2. The van der Waals surface area contributed by atoms with Crippen molar-refractivity contribution in [3.63, 3.8) is 0 Å². The maximum atomic E-state index is 13.2. The molecule has 2 aliphatic rings. The van der Waals surface area contributed by atoms with E-state index in [2.05, 4.69) is 14.9 Å². The molecule has 0 N–H and O–H groups in total. The summed E-state index contributed by atoms with van der Waals surface area (Å²) < 4.78 is 27.6. The molecule has 0 unspecified atom stereocenters. The van der Waals surface area contributed by atoms with Crippen LogP contribution in [0.2, 0.25) is 0 Å². The second-order valence-electron chi connectivity index (χ2n) is 8.25. The molecule has 2 fully saturated rings. The Hall–Kier alpha value is -3.39. The molecule has 0 spiro atoms. The number of benzene rings is 1. The van der Waals surface area contributed by atoms with Crippen LogP contribution in [0.4, 0.5) is 23.1 Å². The number of nitrogens with zero attached hydrogens (tertiary/aromatic N) is 7. The van der Waals surface area contributed by atoms with E-state index in [9.17, 15) is 28.6 Å². The summed E-state index contributed by atoms with van der Waals surface area (Å²) >= 11 is 0. The highest BCUT2D eigenvalue weighted by Crippen LogP contribution is 2.33. The maximum absolute atomic E-state index is 13.2. The van der Waals surface area contributed by atoms with E-state index >= 15 is 0 Å². The van der Waals surface area contributed by atoms with Crippen LogP contribution in [0.25, 0.3) is 0 Å². The van der Waals surface area contributed by atoms with Gasteiger partial charge < -0.3 is 9.80 Å². The first-order valence-electron chi connectivity index (χ1n) is 10.9. The summed E-state index contributed by atoms with van der Waals surface area (Å²) in [5.74, 6) is 1.36. The van der Waals surface area contributed by atoms with Gasteiger partial charge in [0.2, 0.25) is 16.0 Å². The zero-order valence-corrected chi connectivity index (χ0v) is 19.5. The Balaban J connectivity index is 1.52. The van der Waals surface area contributed by atoms with Crippen LogP contribution in [0.1, 0.15) is 24.8 Å². The van der Waals surface area contributed by atoms with Crippen LogP contribution in [0.5, 0.6) is 0 Å². The Morgan fingerprint density at radius 3 is 2.03 bits per heavy atom. The summed E-state index contributed by atoms with van der Waals surface area (Å²) in [6.07, 6.45) is 5.08. The fourth-order valence-corrected chi connectivity index (χ4v) is 5.72. The normalized spacial score (nSPS) is 17.6. The van der Waals surface area contributed by atoms with E-state index < -0.39 is 36.1 Å². The first-order valence-corrected chi connectivity index (χ1v) is 12.4. The lowest BCUT2D eigenvalue weighted by molar-refractivity contribution is -0.395. The molecule has 2 saturated heterocycles. The third kappa shape index (κ3) is 4.63. The van der Waals surface area contributed by atoms with E-state index in [1.165, 1.54) is 17.6 Å². The number of anilines is 2. The summed E-state index contributed by atoms with van der Waals surface area (Å²) in [7, 11) is -4.16. The van der Waals surface area contributed by atoms with Crippen molar-refractivity contribution in [3.05, 3.63) is 50.2 Å². The number of rotatable bonds is 6. The number of hydrogen-bond acceptors (Lipinski definition) is 10. The van der Waals surface area contributed by atoms with Gasteiger partial charge in [-0.15, -0.1) is 0 Å². The van der Waals surface area contributed by atoms with E-state index in [0.29, 0.717) is 24.9 Å². The largest absolute Gasteiger partial charge is 0.354 e. The van der Waals surface area contributed by atoms with Crippen LogP contribution in [0, 0.1) is 27.2 Å². The molecule has 2 aromatic rings. The fourth-order valence-electron chi connectivity index (χ4n) is 4.26. The standard InChI is InChI=1S/C20H25N7O6S/c1-15-17(26(28)29)13-16(14-18(15)27(30)31)34(32,33)25-11-9-23(10-12-25)19-5-6-21-20(22-19)24-7-3-2-4-8-24/h5-6,13-14H,2-4,7-12H2,1H3. The Morgan fingerprint density at radius 2 is 1.47 bits per heavy atom. The number of piperidine rings is 1. The lowest BCUT2D eigenvalue weighted by Crippen LogP contribution is -2.49. The molecule has 1 aromatic carbocycles. The van der Waals surface area contributed by atoms with E-state index in [4.69, 9.17) is 0 Å². The predicted octanol–water partition coefficient (Wildman–Crippen LogP) is 2.10. The minimum atomic E-state index is -4.16. The third-order valence-electron chi connectivity index (χ3n) is 6.19. The van der Waals surface area contributed by atoms with Gasteiger partial charge in [-0.2, -0.15) is 9.29 Å². The van der Waals surface area contributed by atoms with E-state index in [0.717, 1.165) is 38.1 Å². The molecule has 13 nitrogen and oxygen atoms in total. The average Bonchev–Trinajstić information content (AvgIpc) is 2.84. The zero-order valence-electron chi connectivity index (χ0n) is 18.7. The monoisotopic (exact) mass is 491 g/mol. The van der Waals surface area contributed by atoms with E-state index in [1.807, 2.05) is 4.90 Å². The summed E-state index contributed by atoms with van der Waals surface area (Å²) in [5, 5.41) is 22.7. The average molecular weight is 492 g/mol. The zero-order chi connectivity index (χ0) is 24.5. The Bertz CT molecular complexity index is 1170. The van der Waals surface area contributed by atoms with Crippen molar-refractivity contribution in [1.29, 1.82) is 0 Å². The molecular formula is C20H25N7O6S. The summed E-state index contributed by atoms with van der Waals surface area (Å²) in [6, 6.07) is 3.56. The molecule has 4 rings (SSSR count). The van der Waals surface area contributed by atoms with Crippen LogP contribution >= 0.6 is 0 Å². The third-order valence-corrected chi connectivity index (χ3v) is 8.06. The molecule has 0 radical (unpaired) electrons. The van der Waals surface area contributed by atoms with Crippen LogP contribution in [0.3, 0.4) is 0 Å². The molecular weight excluding hydrogens is 466 g/mol.